The van der Waals surface area contributed by atoms with E-state index in [-0.39, 0.29) is 0 Å². The number of ether oxygens (including phenoxy) is 1. The van der Waals surface area contributed by atoms with Gasteiger partial charge in [-0.3, -0.25) is 4.99 Å². The molecule has 3 heterocycles. The highest BCUT2D eigenvalue weighted by atomic mass is 32.1. The maximum atomic E-state index is 5.59. The number of aromatic nitrogens is 1. The van der Waals surface area contributed by atoms with Crippen LogP contribution in [-0.2, 0) is 6.54 Å². The fourth-order valence-electron chi connectivity index (χ4n) is 2.92. The molecule has 1 fully saturated rings. The Kier molecular flexibility index (Phi) is 6.11. The number of rotatable bonds is 5. The number of anilines is 1. The van der Waals surface area contributed by atoms with Gasteiger partial charge in [-0.2, -0.15) is 0 Å². The van der Waals surface area contributed by atoms with E-state index in [1.165, 1.54) is 5.00 Å². The molecule has 25 heavy (non-hydrogen) atoms. The highest BCUT2D eigenvalue weighted by Gasteiger charge is 2.20. The summed E-state index contributed by atoms with van der Waals surface area (Å²) in [5.74, 6) is 1.62. The first kappa shape index (κ1) is 17.5. The molecule has 0 unspecified atom stereocenters. The summed E-state index contributed by atoms with van der Waals surface area (Å²) in [4.78, 5) is 13.5. The molecule has 6 nitrogen and oxygen atoms in total. The lowest BCUT2D eigenvalue weighted by molar-refractivity contribution is 0.322. The fourth-order valence-corrected chi connectivity index (χ4v) is 3.71. The van der Waals surface area contributed by atoms with E-state index < -0.39 is 0 Å². The minimum absolute atomic E-state index is 0.615. The summed E-state index contributed by atoms with van der Waals surface area (Å²) in [5.41, 5.74) is 1.04. The van der Waals surface area contributed by atoms with Crippen LogP contribution < -0.4 is 15.0 Å². The molecule has 0 aromatic carbocycles. The Morgan fingerprint density at radius 3 is 2.80 bits per heavy atom. The Hall–Kier alpha value is -2.28. The molecule has 2 aromatic rings. The van der Waals surface area contributed by atoms with Gasteiger partial charge in [0.1, 0.15) is 0 Å². The lowest BCUT2D eigenvalue weighted by Gasteiger charge is -2.37. The number of nitrogens with zero attached hydrogens (tertiary/aromatic N) is 4. The lowest BCUT2D eigenvalue weighted by atomic mass is 10.2. The van der Waals surface area contributed by atoms with Crippen LogP contribution in [0.5, 0.6) is 5.88 Å². The van der Waals surface area contributed by atoms with E-state index >= 15 is 0 Å². The molecule has 7 heteroatoms. The number of guanidine groups is 1. The molecule has 0 amide bonds. The number of piperazine rings is 1. The zero-order valence-electron chi connectivity index (χ0n) is 14.8. The van der Waals surface area contributed by atoms with Crippen LogP contribution >= 0.6 is 11.3 Å². The van der Waals surface area contributed by atoms with Crippen molar-refractivity contribution in [3.63, 3.8) is 0 Å². The Bertz CT molecular complexity index is 681. The number of pyridine rings is 1. The molecule has 2 aromatic heterocycles. The smallest absolute Gasteiger partial charge is 0.218 e. The Morgan fingerprint density at radius 2 is 2.12 bits per heavy atom. The largest absolute Gasteiger partial charge is 0.478 e. The molecule has 3 rings (SSSR count). The monoisotopic (exact) mass is 359 g/mol. The summed E-state index contributed by atoms with van der Waals surface area (Å²) < 4.78 is 5.59. The first-order chi connectivity index (χ1) is 12.3. The van der Waals surface area contributed by atoms with Crippen LogP contribution in [0.15, 0.2) is 40.8 Å². The van der Waals surface area contributed by atoms with Crippen LogP contribution in [0.25, 0.3) is 0 Å². The van der Waals surface area contributed by atoms with Crippen molar-refractivity contribution in [3.05, 3.63) is 41.4 Å². The number of hydrogen-bond acceptors (Lipinski definition) is 5. The Balaban J connectivity index is 1.55. The van der Waals surface area contributed by atoms with Crippen molar-refractivity contribution in [2.24, 2.45) is 4.99 Å². The van der Waals surface area contributed by atoms with Gasteiger partial charge >= 0.3 is 0 Å². The summed E-state index contributed by atoms with van der Waals surface area (Å²) in [6.45, 7) is 7.19. The second kappa shape index (κ2) is 8.71. The third-order valence-electron chi connectivity index (χ3n) is 4.18. The molecule has 1 saturated heterocycles. The van der Waals surface area contributed by atoms with Gasteiger partial charge in [0.25, 0.3) is 0 Å². The van der Waals surface area contributed by atoms with Gasteiger partial charge in [-0.15, -0.1) is 11.3 Å². The van der Waals surface area contributed by atoms with Gasteiger partial charge in [-0.1, -0.05) is 6.07 Å². The summed E-state index contributed by atoms with van der Waals surface area (Å²) >= 11 is 1.80. The summed E-state index contributed by atoms with van der Waals surface area (Å²) in [6.07, 6.45) is 1.76. The predicted octanol–water partition coefficient (Wildman–Crippen LogP) is 2.44. The average Bonchev–Trinajstić information content (AvgIpc) is 3.19. The van der Waals surface area contributed by atoms with Crippen molar-refractivity contribution in [2.45, 2.75) is 13.5 Å². The zero-order valence-corrected chi connectivity index (χ0v) is 15.6. The van der Waals surface area contributed by atoms with Crippen LogP contribution in [0.4, 0.5) is 5.00 Å². The van der Waals surface area contributed by atoms with Gasteiger partial charge in [0.2, 0.25) is 5.88 Å². The molecule has 0 aliphatic carbocycles. The number of aliphatic imine (C=N–C) groups is 1. The third-order valence-corrected chi connectivity index (χ3v) is 5.11. The van der Waals surface area contributed by atoms with E-state index in [1.807, 2.05) is 26.1 Å². The standard InChI is InChI=1S/C18H25N5OS/c1-3-24-17-15(6-4-8-20-17)14-21-18(19-2)23-11-9-22(10-12-23)16-7-5-13-25-16/h4-8,13H,3,9-12,14H2,1-2H3,(H,19,21). The van der Waals surface area contributed by atoms with Crippen LogP contribution in [0.3, 0.4) is 0 Å². The minimum Gasteiger partial charge on any atom is -0.478 e. The van der Waals surface area contributed by atoms with Crippen LogP contribution in [0, 0.1) is 0 Å². The highest BCUT2D eigenvalue weighted by molar-refractivity contribution is 7.14. The highest BCUT2D eigenvalue weighted by Crippen LogP contribution is 2.22. The van der Waals surface area contributed by atoms with E-state index in [9.17, 15) is 0 Å². The second-order valence-corrected chi connectivity index (χ2v) is 6.65. The number of thiophene rings is 1. The van der Waals surface area contributed by atoms with Gasteiger partial charge in [-0.05, 0) is 30.5 Å². The molecule has 1 aliphatic rings. The molecule has 0 spiro atoms. The zero-order chi connectivity index (χ0) is 17.5. The van der Waals surface area contributed by atoms with Gasteiger partial charge in [0, 0.05) is 51.5 Å². The van der Waals surface area contributed by atoms with Crippen molar-refractivity contribution < 1.29 is 4.74 Å². The number of nitrogens with one attached hydrogen (secondary N) is 1. The first-order valence-corrected chi connectivity index (χ1v) is 9.50. The van der Waals surface area contributed by atoms with E-state index in [2.05, 4.69) is 42.6 Å². The fraction of sp³-hybridized carbons (Fsp3) is 0.444. The normalized spacial score (nSPS) is 15.4. The van der Waals surface area contributed by atoms with Crippen molar-refractivity contribution in [1.29, 1.82) is 0 Å². The summed E-state index contributed by atoms with van der Waals surface area (Å²) in [6, 6.07) is 8.26. The average molecular weight is 359 g/mol. The van der Waals surface area contributed by atoms with Crippen molar-refractivity contribution >= 4 is 22.3 Å². The molecular weight excluding hydrogens is 334 g/mol. The first-order valence-electron chi connectivity index (χ1n) is 8.62. The summed E-state index contributed by atoms with van der Waals surface area (Å²) in [7, 11) is 1.83. The van der Waals surface area contributed by atoms with Gasteiger partial charge in [0.05, 0.1) is 11.6 Å². The van der Waals surface area contributed by atoms with Crippen molar-refractivity contribution in [2.75, 3.05) is 44.7 Å². The SMILES string of the molecule is CCOc1ncccc1CNC(=NC)N1CCN(c2cccs2)CC1. The number of hydrogen-bond donors (Lipinski definition) is 1. The van der Waals surface area contributed by atoms with E-state index in [4.69, 9.17) is 4.74 Å². The van der Waals surface area contributed by atoms with Crippen LogP contribution in [0.1, 0.15) is 12.5 Å². The summed E-state index contributed by atoms with van der Waals surface area (Å²) in [5, 5.41) is 6.92. The molecule has 0 saturated carbocycles. The van der Waals surface area contributed by atoms with Crippen molar-refractivity contribution in [3.8, 4) is 5.88 Å². The topological polar surface area (TPSA) is 53.0 Å². The van der Waals surface area contributed by atoms with Crippen LogP contribution in [-0.4, -0.2) is 55.7 Å². The second-order valence-electron chi connectivity index (χ2n) is 5.73. The van der Waals surface area contributed by atoms with Gasteiger partial charge in [-0.25, -0.2) is 4.98 Å². The Labute approximate surface area is 153 Å². The molecule has 0 bridgehead atoms. The van der Waals surface area contributed by atoms with Gasteiger partial charge in [0.15, 0.2) is 5.96 Å². The maximum absolute atomic E-state index is 5.59. The van der Waals surface area contributed by atoms with E-state index in [1.54, 1.807) is 17.5 Å². The molecular formula is C18H25N5OS. The Morgan fingerprint density at radius 1 is 1.28 bits per heavy atom. The lowest BCUT2D eigenvalue weighted by Crippen LogP contribution is -2.52. The maximum Gasteiger partial charge on any atom is 0.218 e. The molecule has 1 N–H and O–H groups in total. The predicted molar refractivity (Wildman–Crippen MR) is 104 cm³/mol. The third kappa shape index (κ3) is 4.42. The quantitative estimate of drug-likeness (QED) is 0.656. The van der Waals surface area contributed by atoms with E-state index in [0.29, 0.717) is 19.0 Å². The molecule has 1 aliphatic heterocycles. The minimum atomic E-state index is 0.615. The molecule has 0 atom stereocenters. The van der Waals surface area contributed by atoms with Crippen LogP contribution in [0.2, 0.25) is 0 Å². The van der Waals surface area contributed by atoms with E-state index in [0.717, 1.165) is 37.7 Å². The molecule has 134 valence electrons. The molecule has 0 radical (unpaired) electrons. The van der Waals surface area contributed by atoms with Gasteiger partial charge < -0.3 is 19.9 Å². The van der Waals surface area contributed by atoms with Crippen molar-refractivity contribution in [1.82, 2.24) is 15.2 Å².